The van der Waals surface area contributed by atoms with E-state index >= 15 is 0 Å². The predicted molar refractivity (Wildman–Crippen MR) is 96.6 cm³/mol. The number of hydrogen-bond donors (Lipinski definition) is 1. The van der Waals surface area contributed by atoms with Gasteiger partial charge >= 0.3 is 0 Å². The molecule has 24 heavy (non-hydrogen) atoms. The Morgan fingerprint density at radius 3 is 2.58 bits per heavy atom. The van der Waals surface area contributed by atoms with Gasteiger partial charge in [-0.2, -0.15) is 5.10 Å². The Morgan fingerprint density at radius 1 is 1.08 bits per heavy atom. The average molecular weight is 360 g/mol. The number of carbonyl (C=O) groups is 1. The molecule has 0 aliphatic carbocycles. The summed E-state index contributed by atoms with van der Waals surface area (Å²) in [7, 11) is 0. The molecule has 1 heterocycles. The highest BCUT2D eigenvalue weighted by atomic mass is 35.5. The number of anilines is 1. The van der Waals surface area contributed by atoms with Gasteiger partial charge in [0.1, 0.15) is 0 Å². The van der Waals surface area contributed by atoms with Gasteiger partial charge in [-0.3, -0.25) is 9.48 Å². The standard InChI is InChI=1S/C18H15Cl2N3O/c19-15-7-5-13(6-8-15)9-18(24)22-16-10-21-23(12-16)11-14-3-1-2-4-17(14)20/h1-8,10,12H,9,11H2,(H,22,24). The first kappa shape index (κ1) is 16.6. The van der Waals surface area contributed by atoms with Crippen LogP contribution in [0.4, 0.5) is 5.69 Å². The summed E-state index contributed by atoms with van der Waals surface area (Å²) in [5.41, 5.74) is 2.53. The number of hydrogen-bond acceptors (Lipinski definition) is 2. The molecule has 122 valence electrons. The lowest BCUT2D eigenvalue weighted by atomic mass is 10.1. The van der Waals surface area contributed by atoms with Gasteiger partial charge in [-0.25, -0.2) is 0 Å². The lowest BCUT2D eigenvalue weighted by Crippen LogP contribution is -2.13. The van der Waals surface area contributed by atoms with Gasteiger partial charge in [-0.1, -0.05) is 53.5 Å². The molecule has 0 aliphatic rings. The Morgan fingerprint density at radius 2 is 1.83 bits per heavy atom. The van der Waals surface area contributed by atoms with Crippen molar-refractivity contribution in [1.82, 2.24) is 9.78 Å². The molecular weight excluding hydrogens is 345 g/mol. The van der Waals surface area contributed by atoms with E-state index < -0.39 is 0 Å². The van der Waals surface area contributed by atoms with Crippen molar-refractivity contribution < 1.29 is 4.79 Å². The lowest BCUT2D eigenvalue weighted by Gasteiger charge is -2.04. The molecule has 0 bridgehead atoms. The third-order valence-corrected chi connectivity index (χ3v) is 4.11. The summed E-state index contributed by atoms with van der Waals surface area (Å²) in [4.78, 5) is 12.1. The normalized spacial score (nSPS) is 10.6. The summed E-state index contributed by atoms with van der Waals surface area (Å²) in [6.45, 7) is 0.548. The van der Waals surface area contributed by atoms with E-state index in [-0.39, 0.29) is 12.3 Å². The van der Waals surface area contributed by atoms with E-state index in [1.54, 1.807) is 29.2 Å². The summed E-state index contributed by atoms with van der Waals surface area (Å²) in [6, 6.07) is 14.8. The Balaban J connectivity index is 1.60. The topological polar surface area (TPSA) is 46.9 Å². The van der Waals surface area contributed by atoms with Crippen molar-refractivity contribution in [3.63, 3.8) is 0 Å². The number of nitrogens with one attached hydrogen (secondary N) is 1. The predicted octanol–water partition coefficient (Wildman–Crippen LogP) is 4.42. The summed E-state index contributed by atoms with van der Waals surface area (Å²) in [5.74, 6) is -0.102. The maximum atomic E-state index is 12.1. The van der Waals surface area contributed by atoms with Crippen molar-refractivity contribution in [3.05, 3.63) is 82.1 Å². The molecule has 0 radical (unpaired) electrons. The maximum absolute atomic E-state index is 12.1. The minimum absolute atomic E-state index is 0.102. The zero-order chi connectivity index (χ0) is 16.9. The number of halogens is 2. The van der Waals surface area contributed by atoms with Crippen LogP contribution >= 0.6 is 23.2 Å². The molecule has 3 aromatic rings. The summed E-state index contributed by atoms with van der Waals surface area (Å²) >= 11 is 12.0. The zero-order valence-corrected chi connectivity index (χ0v) is 14.3. The molecule has 2 aromatic carbocycles. The first-order valence-electron chi connectivity index (χ1n) is 7.40. The van der Waals surface area contributed by atoms with Gasteiger partial charge in [0.25, 0.3) is 0 Å². The quantitative estimate of drug-likeness (QED) is 0.732. The highest BCUT2D eigenvalue weighted by Crippen LogP contribution is 2.17. The fourth-order valence-electron chi connectivity index (χ4n) is 2.31. The minimum atomic E-state index is -0.102. The van der Waals surface area contributed by atoms with E-state index in [1.807, 2.05) is 36.4 Å². The minimum Gasteiger partial charge on any atom is -0.323 e. The zero-order valence-electron chi connectivity index (χ0n) is 12.7. The molecule has 1 N–H and O–H groups in total. The van der Waals surface area contributed by atoms with Gasteiger partial charge in [-0.15, -0.1) is 0 Å². The number of rotatable bonds is 5. The Kier molecular flexibility index (Phi) is 5.18. The monoisotopic (exact) mass is 359 g/mol. The van der Waals surface area contributed by atoms with Crippen LogP contribution in [0, 0.1) is 0 Å². The molecular formula is C18H15Cl2N3O. The molecule has 1 aromatic heterocycles. The van der Waals surface area contributed by atoms with E-state index in [1.165, 1.54) is 0 Å². The van der Waals surface area contributed by atoms with Crippen LogP contribution in [0.15, 0.2) is 60.9 Å². The second-order valence-corrected chi connectivity index (χ2v) is 6.21. The van der Waals surface area contributed by atoms with Crippen LogP contribution in [0.3, 0.4) is 0 Å². The Hall–Kier alpha value is -2.30. The second kappa shape index (κ2) is 7.51. The summed E-state index contributed by atoms with van der Waals surface area (Å²) in [6.07, 6.45) is 3.69. The average Bonchev–Trinajstić information content (AvgIpc) is 2.99. The van der Waals surface area contributed by atoms with Crippen LogP contribution in [0.2, 0.25) is 10.0 Å². The van der Waals surface area contributed by atoms with E-state index in [2.05, 4.69) is 10.4 Å². The first-order chi connectivity index (χ1) is 11.6. The van der Waals surface area contributed by atoms with Crippen LogP contribution in [0.1, 0.15) is 11.1 Å². The summed E-state index contributed by atoms with van der Waals surface area (Å²) < 4.78 is 1.74. The second-order valence-electron chi connectivity index (χ2n) is 5.37. The van der Waals surface area contributed by atoms with Gasteiger partial charge in [0.15, 0.2) is 0 Å². The molecule has 0 aliphatic heterocycles. The summed E-state index contributed by atoms with van der Waals surface area (Å²) in [5, 5.41) is 8.44. The number of carbonyl (C=O) groups excluding carboxylic acids is 1. The molecule has 0 saturated heterocycles. The SMILES string of the molecule is O=C(Cc1ccc(Cl)cc1)Nc1cnn(Cc2ccccc2Cl)c1. The van der Waals surface area contributed by atoms with Crippen LogP contribution < -0.4 is 5.32 Å². The van der Waals surface area contributed by atoms with Gasteiger partial charge in [0.05, 0.1) is 24.8 Å². The smallest absolute Gasteiger partial charge is 0.228 e. The van der Waals surface area contributed by atoms with Gasteiger partial charge in [0.2, 0.25) is 5.91 Å². The van der Waals surface area contributed by atoms with Crippen LogP contribution in [0.25, 0.3) is 0 Å². The molecule has 0 unspecified atom stereocenters. The number of aromatic nitrogens is 2. The fraction of sp³-hybridized carbons (Fsp3) is 0.111. The van der Waals surface area contributed by atoms with Crippen molar-refractivity contribution in [2.45, 2.75) is 13.0 Å². The third kappa shape index (κ3) is 4.37. The highest BCUT2D eigenvalue weighted by Gasteiger charge is 2.07. The number of benzene rings is 2. The van der Waals surface area contributed by atoms with E-state index in [0.717, 1.165) is 11.1 Å². The number of nitrogens with zero attached hydrogens (tertiary/aromatic N) is 2. The van der Waals surface area contributed by atoms with Crippen LogP contribution in [-0.4, -0.2) is 15.7 Å². The van der Waals surface area contributed by atoms with E-state index in [4.69, 9.17) is 23.2 Å². The van der Waals surface area contributed by atoms with E-state index in [9.17, 15) is 4.79 Å². The molecule has 0 spiro atoms. The van der Waals surface area contributed by atoms with Gasteiger partial charge in [-0.05, 0) is 29.3 Å². The van der Waals surface area contributed by atoms with Crippen molar-refractivity contribution in [2.75, 3.05) is 5.32 Å². The highest BCUT2D eigenvalue weighted by molar-refractivity contribution is 6.31. The van der Waals surface area contributed by atoms with Gasteiger partial charge < -0.3 is 5.32 Å². The third-order valence-electron chi connectivity index (χ3n) is 3.49. The van der Waals surface area contributed by atoms with Crippen LogP contribution in [0.5, 0.6) is 0 Å². The fourth-order valence-corrected chi connectivity index (χ4v) is 2.63. The van der Waals surface area contributed by atoms with Crippen molar-refractivity contribution in [3.8, 4) is 0 Å². The number of amides is 1. The molecule has 0 atom stereocenters. The van der Waals surface area contributed by atoms with Crippen LogP contribution in [-0.2, 0) is 17.8 Å². The Bertz CT molecular complexity index is 843. The van der Waals surface area contributed by atoms with Crippen molar-refractivity contribution in [1.29, 1.82) is 0 Å². The first-order valence-corrected chi connectivity index (χ1v) is 8.16. The van der Waals surface area contributed by atoms with Gasteiger partial charge in [0, 0.05) is 16.2 Å². The molecule has 4 nitrogen and oxygen atoms in total. The molecule has 6 heteroatoms. The largest absolute Gasteiger partial charge is 0.323 e. The van der Waals surface area contributed by atoms with Crippen molar-refractivity contribution >= 4 is 34.8 Å². The molecule has 0 saturated carbocycles. The maximum Gasteiger partial charge on any atom is 0.228 e. The molecule has 1 amide bonds. The molecule has 3 rings (SSSR count). The Labute approximate surface area is 150 Å². The lowest BCUT2D eigenvalue weighted by molar-refractivity contribution is -0.115. The van der Waals surface area contributed by atoms with Crippen molar-refractivity contribution in [2.24, 2.45) is 0 Å². The molecule has 0 fully saturated rings. The van der Waals surface area contributed by atoms with E-state index in [0.29, 0.717) is 22.3 Å².